The van der Waals surface area contributed by atoms with Gasteiger partial charge in [0.15, 0.2) is 0 Å². The summed E-state index contributed by atoms with van der Waals surface area (Å²) < 4.78 is 20.7. The average molecular weight is 176 g/mol. The zero-order chi connectivity index (χ0) is 8.32. The van der Waals surface area contributed by atoms with E-state index in [0.717, 1.165) is 0 Å². The van der Waals surface area contributed by atoms with Crippen LogP contribution in [0.25, 0.3) is 0 Å². The molecular formula is C6H9O4P. The molecule has 0 spiro atoms. The van der Waals surface area contributed by atoms with Gasteiger partial charge in [-0.2, -0.15) is 0 Å². The van der Waals surface area contributed by atoms with E-state index in [9.17, 15) is 4.57 Å². The van der Waals surface area contributed by atoms with Gasteiger partial charge in [0.05, 0.1) is 13.2 Å². The van der Waals surface area contributed by atoms with Crippen LogP contribution in [0.1, 0.15) is 6.92 Å². The Morgan fingerprint density at radius 1 is 1.55 bits per heavy atom. The highest BCUT2D eigenvalue weighted by atomic mass is 31.2. The maximum atomic E-state index is 11.2. The van der Waals surface area contributed by atoms with E-state index in [1.807, 2.05) is 0 Å². The lowest BCUT2D eigenvalue weighted by atomic mass is 10.4. The van der Waals surface area contributed by atoms with Crippen LogP contribution in [0.2, 0.25) is 0 Å². The molecule has 0 bridgehead atoms. The van der Waals surface area contributed by atoms with Crippen molar-refractivity contribution in [3.8, 4) is 11.6 Å². The van der Waals surface area contributed by atoms with Crippen LogP contribution in [-0.2, 0) is 13.6 Å². The van der Waals surface area contributed by atoms with Crippen LogP contribution < -0.4 is 0 Å². The summed E-state index contributed by atoms with van der Waals surface area (Å²) in [7, 11) is -3.15. The maximum absolute atomic E-state index is 11.2. The van der Waals surface area contributed by atoms with Gasteiger partial charge in [0, 0.05) is 5.66 Å². The van der Waals surface area contributed by atoms with Gasteiger partial charge in [0.2, 0.25) is 0 Å². The molecule has 1 aliphatic rings. The topological polar surface area (TPSA) is 55.8 Å². The summed E-state index contributed by atoms with van der Waals surface area (Å²) in [5.74, 6) is 2.32. The third-order valence-electron chi connectivity index (χ3n) is 1.02. The number of aliphatic hydroxyl groups excluding tert-OH is 1. The van der Waals surface area contributed by atoms with E-state index in [1.54, 1.807) is 0 Å². The monoisotopic (exact) mass is 176 g/mol. The lowest BCUT2D eigenvalue weighted by molar-refractivity contribution is 0.253. The molecule has 0 radical (unpaired) electrons. The smallest absolute Gasteiger partial charge is 0.381 e. The molecule has 0 amide bonds. The van der Waals surface area contributed by atoms with Crippen LogP contribution >= 0.6 is 7.60 Å². The molecule has 62 valence electrons. The quantitative estimate of drug-likeness (QED) is 0.433. The minimum atomic E-state index is -3.15. The number of rotatable bonds is 0. The number of hydrogen-bond donors (Lipinski definition) is 1. The molecule has 0 saturated carbocycles. The molecule has 1 fully saturated rings. The van der Waals surface area contributed by atoms with E-state index in [4.69, 9.17) is 14.2 Å². The van der Waals surface area contributed by atoms with Gasteiger partial charge in [0.1, 0.15) is 6.10 Å². The Balaban J connectivity index is 2.62. The summed E-state index contributed by atoms with van der Waals surface area (Å²) in [6.07, 6.45) is -0.798. The van der Waals surface area contributed by atoms with Crippen LogP contribution in [0.4, 0.5) is 0 Å². The zero-order valence-electron chi connectivity index (χ0n) is 6.11. The second kappa shape index (κ2) is 3.38. The van der Waals surface area contributed by atoms with Crippen LogP contribution in [0.5, 0.6) is 0 Å². The lowest BCUT2D eigenvalue weighted by Gasteiger charge is -1.98. The van der Waals surface area contributed by atoms with Crippen molar-refractivity contribution in [2.24, 2.45) is 0 Å². The van der Waals surface area contributed by atoms with Gasteiger partial charge in [-0.25, -0.2) is 4.57 Å². The van der Waals surface area contributed by atoms with E-state index >= 15 is 0 Å². The molecule has 1 N–H and O–H groups in total. The second-order valence-electron chi connectivity index (χ2n) is 2.10. The lowest BCUT2D eigenvalue weighted by Crippen LogP contribution is -1.92. The van der Waals surface area contributed by atoms with E-state index in [2.05, 4.69) is 11.6 Å². The summed E-state index contributed by atoms with van der Waals surface area (Å²) in [5, 5.41) is 8.72. The zero-order valence-corrected chi connectivity index (χ0v) is 7.01. The molecule has 11 heavy (non-hydrogen) atoms. The molecule has 0 aromatic carbocycles. The summed E-state index contributed by atoms with van der Waals surface area (Å²) in [5.41, 5.74) is 2.27. The van der Waals surface area contributed by atoms with E-state index in [1.165, 1.54) is 6.92 Å². The van der Waals surface area contributed by atoms with Gasteiger partial charge < -0.3 is 5.11 Å². The van der Waals surface area contributed by atoms with Gasteiger partial charge in [-0.1, -0.05) is 5.92 Å². The molecule has 1 aliphatic heterocycles. The average Bonchev–Trinajstić information content (AvgIpc) is 2.33. The largest absolute Gasteiger partial charge is 0.405 e. The number of hydrogen-bond acceptors (Lipinski definition) is 4. The number of aliphatic hydroxyl groups is 1. The maximum Gasteiger partial charge on any atom is 0.405 e. The fourth-order valence-corrected chi connectivity index (χ4v) is 1.77. The van der Waals surface area contributed by atoms with Gasteiger partial charge in [-0.05, 0) is 6.92 Å². The Hall–Kier alpha value is -0.330. The molecule has 1 saturated heterocycles. The van der Waals surface area contributed by atoms with Crippen LogP contribution in [0, 0.1) is 11.6 Å². The molecule has 1 atom stereocenters. The molecular weight excluding hydrogens is 167 g/mol. The molecule has 0 aromatic heterocycles. The van der Waals surface area contributed by atoms with Crippen molar-refractivity contribution in [3.05, 3.63) is 0 Å². The highest BCUT2D eigenvalue weighted by Gasteiger charge is 2.27. The normalized spacial score (nSPS) is 23.8. The van der Waals surface area contributed by atoms with E-state index in [0.29, 0.717) is 13.2 Å². The summed E-state index contributed by atoms with van der Waals surface area (Å²) in [4.78, 5) is 0. The molecule has 1 unspecified atom stereocenters. The minimum Gasteiger partial charge on any atom is -0.381 e. The standard InChI is InChI=1S/C6H9O4P/c1-6(7)2-5-11(8)9-3-4-10-11/h6-7H,3-4H2,1H3. The Labute approximate surface area is 65.0 Å². The van der Waals surface area contributed by atoms with Gasteiger partial charge in [-0.3, -0.25) is 9.05 Å². The Morgan fingerprint density at radius 2 is 2.09 bits per heavy atom. The van der Waals surface area contributed by atoms with Crippen molar-refractivity contribution < 1.29 is 18.7 Å². The van der Waals surface area contributed by atoms with Crippen molar-refractivity contribution >= 4 is 7.60 Å². The Kier molecular flexibility index (Phi) is 2.69. The first-order valence-electron chi connectivity index (χ1n) is 3.22. The fourth-order valence-electron chi connectivity index (χ4n) is 0.589. The molecule has 1 heterocycles. The first-order valence-corrected chi connectivity index (χ1v) is 4.77. The van der Waals surface area contributed by atoms with Crippen molar-refractivity contribution in [2.75, 3.05) is 13.2 Å². The first-order chi connectivity index (χ1) is 5.12. The summed E-state index contributed by atoms with van der Waals surface area (Å²) in [6.45, 7) is 2.10. The van der Waals surface area contributed by atoms with Crippen molar-refractivity contribution in [1.82, 2.24) is 0 Å². The van der Waals surface area contributed by atoms with Crippen LogP contribution in [0.3, 0.4) is 0 Å². The Bertz CT molecular complexity index is 227. The first kappa shape index (κ1) is 8.76. The minimum absolute atomic E-state index is 0.311. The Morgan fingerprint density at radius 3 is 2.55 bits per heavy atom. The van der Waals surface area contributed by atoms with E-state index in [-0.39, 0.29) is 0 Å². The predicted molar refractivity (Wildman–Crippen MR) is 39.0 cm³/mol. The molecule has 1 rings (SSSR count). The molecule has 5 heteroatoms. The van der Waals surface area contributed by atoms with Crippen LogP contribution in [-0.4, -0.2) is 24.4 Å². The van der Waals surface area contributed by atoms with Crippen molar-refractivity contribution in [2.45, 2.75) is 13.0 Å². The van der Waals surface area contributed by atoms with Crippen molar-refractivity contribution in [3.63, 3.8) is 0 Å². The van der Waals surface area contributed by atoms with Gasteiger partial charge in [-0.15, -0.1) is 0 Å². The summed E-state index contributed by atoms with van der Waals surface area (Å²) >= 11 is 0. The fraction of sp³-hybridized carbons (Fsp3) is 0.667. The summed E-state index contributed by atoms with van der Waals surface area (Å²) in [6, 6.07) is 0. The van der Waals surface area contributed by atoms with Crippen LogP contribution in [0.15, 0.2) is 0 Å². The van der Waals surface area contributed by atoms with Gasteiger partial charge in [0.25, 0.3) is 0 Å². The van der Waals surface area contributed by atoms with E-state index < -0.39 is 13.7 Å². The molecule has 0 aromatic rings. The predicted octanol–water partition coefficient (Wildman–Crippen LogP) is 0.568. The van der Waals surface area contributed by atoms with Crippen molar-refractivity contribution in [1.29, 1.82) is 0 Å². The highest BCUT2D eigenvalue weighted by Crippen LogP contribution is 2.50. The molecule has 4 nitrogen and oxygen atoms in total. The highest BCUT2D eigenvalue weighted by molar-refractivity contribution is 7.59. The molecule has 0 aliphatic carbocycles. The second-order valence-corrected chi connectivity index (χ2v) is 3.83. The third-order valence-corrected chi connectivity index (χ3v) is 2.46. The van der Waals surface area contributed by atoms with Gasteiger partial charge >= 0.3 is 7.60 Å². The SMILES string of the molecule is CC(O)C#CP1(=O)OCCO1. The third kappa shape index (κ3) is 2.64.